The Hall–Kier alpha value is -2.22. The zero-order valence-electron chi connectivity index (χ0n) is 12.3. The van der Waals surface area contributed by atoms with E-state index >= 15 is 0 Å². The molecule has 0 radical (unpaired) electrons. The minimum atomic E-state index is -0.487. The smallest absolute Gasteiger partial charge is 0.325 e. The molecule has 1 saturated heterocycles. The summed E-state index contributed by atoms with van der Waals surface area (Å²) in [7, 11) is 0. The van der Waals surface area contributed by atoms with Crippen LogP contribution in [-0.4, -0.2) is 32.3 Å². The highest BCUT2D eigenvalue weighted by Crippen LogP contribution is 2.16. The maximum Gasteiger partial charge on any atom is 0.325 e. The van der Waals surface area contributed by atoms with Gasteiger partial charge in [0.1, 0.15) is 6.04 Å². The summed E-state index contributed by atoms with van der Waals surface area (Å²) in [6.07, 6.45) is 2.24. The monoisotopic (exact) mass is 320 g/mol. The highest BCUT2D eigenvalue weighted by Gasteiger charge is 2.38. The van der Waals surface area contributed by atoms with Gasteiger partial charge in [0.2, 0.25) is 0 Å². The van der Waals surface area contributed by atoms with Gasteiger partial charge in [-0.25, -0.2) is 9.78 Å². The fraction of sp³-hybridized carbons (Fsp3) is 0.429. The van der Waals surface area contributed by atoms with E-state index in [4.69, 9.17) is 0 Å². The average Bonchev–Trinajstić information content (AvgIpc) is 2.99. The van der Waals surface area contributed by atoms with Crippen molar-refractivity contribution in [3.05, 3.63) is 33.7 Å². The molecule has 1 atom stereocenters. The highest BCUT2D eigenvalue weighted by molar-refractivity contribution is 7.15. The van der Waals surface area contributed by atoms with Gasteiger partial charge in [-0.2, -0.15) is 0 Å². The fourth-order valence-electron chi connectivity index (χ4n) is 2.49. The number of nitrogens with zero attached hydrogens (tertiary/aromatic N) is 3. The topological polar surface area (TPSA) is 83.8 Å². The molecule has 0 aliphatic carbocycles. The van der Waals surface area contributed by atoms with Gasteiger partial charge in [-0.3, -0.25) is 18.9 Å². The maximum absolute atomic E-state index is 12.3. The van der Waals surface area contributed by atoms with E-state index in [2.05, 4.69) is 10.3 Å². The second kappa shape index (κ2) is 5.53. The number of imide groups is 1. The van der Waals surface area contributed by atoms with Crippen LogP contribution in [0.2, 0.25) is 0 Å². The lowest BCUT2D eigenvalue weighted by Gasteiger charge is -2.13. The summed E-state index contributed by atoms with van der Waals surface area (Å²) in [6.45, 7) is 4.01. The van der Waals surface area contributed by atoms with Gasteiger partial charge in [-0.05, 0) is 12.3 Å². The van der Waals surface area contributed by atoms with Crippen molar-refractivity contribution in [2.45, 2.75) is 32.9 Å². The number of carbonyl (C=O) groups is 2. The minimum Gasteiger partial charge on any atom is -0.326 e. The van der Waals surface area contributed by atoms with Gasteiger partial charge in [0, 0.05) is 17.6 Å². The van der Waals surface area contributed by atoms with Crippen molar-refractivity contribution >= 4 is 28.2 Å². The molecular weight excluding hydrogens is 304 g/mol. The van der Waals surface area contributed by atoms with E-state index in [-0.39, 0.29) is 18.0 Å². The number of hydrogen-bond donors (Lipinski definition) is 1. The molecule has 0 unspecified atom stereocenters. The molecule has 8 heteroatoms. The largest absolute Gasteiger partial charge is 0.326 e. The van der Waals surface area contributed by atoms with Crippen molar-refractivity contribution in [2.75, 3.05) is 0 Å². The van der Waals surface area contributed by atoms with E-state index in [1.54, 1.807) is 11.6 Å². The summed E-state index contributed by atoms with van der Waals surface area (Å²) in [4.78, 5) is 42.2. The average molecular weight is 320 g/mol. The van der Waals surface area contributed by atoms with Gasteiger partial charge in [0.05, 0.1) is 12.2 Å². The van der Waals surface area contributed by atoms with Crippen molar-refractivity contribution in [3.63, 3.8) is 0 Å². The molecule has 7 nitrogen and oxygen atoms in total. The van der Waals surface area contributed by atoms with Gasteiger partial charge in [-0.1, -0.05) is 13.8 Å². The van der Waals surface area contributed by atoms with Gasteiger partial charge >= 0.3 is 6.03 Å². The van der Waals surface area contributed by atoms with Crippen molar-refractivity contribution in [3.8, 4) is 0 Å². The standard InChI is InChI=1S/C14H16N4O3S/c1-8(2)5-10-12(20)18(13(21)16-10)7-9-6-11(19)17-3-4-22-14(17)15-9/h3-4,6,8,10H,5,7H2,1-2H3,(H,16,21)/t10-/m1/s1. The van der Waals surface area contributed by atoms with Gasteiger partial charge in [0.25, 0.3) is 11.5 Å². The van der Waals surface area contributed by atoms with Crippen LogP contribution in [-0.2, 0) is 11.3 Å². The van der Waals surface area contributed by atoms with Crippen molar-refractivity contribution in [1.82, 2.24) is 19.6 Å². The van der Waals surface area contributed by atoms with Crippen molar-refractivity contribution in [2.24, 2.45) is 5.92 Å². The van der Waals surface area contributed by atoms with Crippen LogP contribution in [0.3, 0.4) is 0 Å². The Morgan fingerprint density at radius 3 is 2.86 bits per heavy atom. The Balaban J connectivity index is 1.83. The first-order chi connectivity index (χ1) is 10.5. The molecule has 0 aromatic carbocycles. The zero-order valence-corrected chi connectivity index (χ0v) is 13.1. The van der Waals surface area contributed by atoms with E-state index in [9.17, 15) is 14.4 Å². The van der Waals surface area contributed by atoms with E-state index < -0.39 is 12.1 Å². The second-order valence-electron chi connectivity index (χ2n) is 5.70. The number of aromatic nitrogens is 2. The van der Waals surface area contributed by atoms with Gasteiger partial charge < -0.3 is 5.32 Å². The molecule has 0 bridgehead atoms. The fourth-order valence-corrected chi connectivity index (χ4v) is 3.23. The SMILES string of the molecule is CC(C)C[C@H]1NC(=O)N(Cc2cc(=O)n3ccsc3n2)C1=O. The number of carbonyl (C=O) groups excluding carboxylic acids is 2. The first-order valence-corrected chi connectivity index (χ1v) is 7.91. The third-order valence-corrected chi connectivity index (χ3v) is 4.25. The third kappa shape index (κ3) is 2.61. The van der Waals surface area contributed by atoms with Crippen LogP contribution in [0.1, 0.15) is 26.0 Å². The molecule has 3 heterocycles. The summed E-state index contributed by atoms with van der Waals surface area (Å²) in [5.74, 6) is 0.0475. The summed E-state index contributed by atoms with van der Waals surface area (Å²) in [5, 5.41) is 4.44. The lowest BCUT2D eigenvalue weighted by atomic mass is 10.0. The van der Waals surface area contributed by atoms with E-state index in [0.717, 1.165) is 4.90 Å². The van der Waals surface area contributed by atoms with E-state index in [0.29, 0.717) is 23.0 Å². The predicted molar refractivity (Wildman–Crippen MR) is 81.7 cm³/mol. The number of hydrogen-bond acceptors (Lipinski definition) is 5. The molecule has 2 aromatic rings. The molecule has 1 N–H and O–H groups in total. The van der Waals surface area contributed by atoms with Crippen molar-refractivity contribution in [1.29, 1.82) is 0 Å². The number of urea groups is 1. The van der Waals surface area contributed by atoms with Crippen LogP contribution >= 0.6 is 11.3 Å². The molecule has 2 aromatic heterocycles. The molecule has 22 heavy (non-hydrogen) atoms. The quantitative estimate of drug-likeness (QED) is 0.859. The predicted octanol–water partition coefficient (Wildman–Crippen LogP) is 1.22. The molecule has 1 fully saturated rings. The number of fused-ring (bicyclic) bond motifs is 1. The number of rotatable bonds is 4. The Kier molecular flexibility index (Phi) is 3.69. The van der Waals surface area contributed by atoms with E-state index in [1.807, 2.05) is 13.8 Å². The summed E-state index contributed by atoms with van der Waals surface area (Å²) in [5.41, 5.74) is 0.202. The van der Waals surface area contributed by atoms with Crippen LogP contribution in [0, 0.1) is 5.92 Å². The second-order valence-corrected chi connectivity index (χ2v) is 6.57. The molecule has 1 aliphatic rings. The maximum atomic E-state index is 12.3. The van der Waals surface area contributed by atoms with Gasteiger partial charge in [0.15, 0.2) is 4.96 Å². The van der Waals surface area contributed by atoms with Crippen LogP contribution in [0.25, 0.3) is 4.96 Å². The van der Waals surface area contributed by atoms with E-state index in [1.165, 1.54) is 21.8 Å². The first kappa shape index (κ1) is 14.7. The minimum absolute atomic E-state index is 0.0168. The molecule has 3 amide bonds. The highest BCUT2D eigenvalue weighted by atomic mass is 32.1. The Labute approximate surface area is 130 Å². The van der Waals surface area contributed by atoms with Crippen LogP contribution in [0.4, 0.5) is 4.79 Å². The number of amides is 3. The molecule has 1 aliphatic heterocycles. The molecule has 0 saturated carbocycles. The molecular formula is C14H16N4O3S. The molecule has 3 rings (SSSR count). The van der Waals surface area contributed by atoms with Crippen LogP contribution in [0.5, 0.6) is 0 Å². The summed E-state index contributed by atoms with van der Waals surface area (Å²) >= 11 is 1.33. The third-order valence-electron chi connectivity index (χ3n) is 3.49. The van der Waals surface area contributed by atoms with Crippen LogP contribution in [0.15, 0.2) is 22.4 Å². The molecule has 116 valence electrons. The Bertz CT molecular complexity index is 795. The van der Waals surface area contributed by atoms with Crippen LogP contribution < -0.4 is 10.9 Å². The number of thiazole rings is 1. The summed E-state index contributed by atoms with van der Waals surface area (Å²) in [6, 6.07) is 0.443. The summed E-state index contributed by atoms with van der Waals surface area (Å²) < 4.78 is 1.43. The Morgan fingerprint density at radius 1 is 1.36 bits per heavy atom. The molecule has 0 spiro atoms. The lowest BCUT2D eigenvalue weighted by Crippen LogP contribution is -2.32. The van der Waals surface area contributed by atoms with Gasteiger partial charge in [-0.15, -0.1) is 11.3 Å². The van der Waals surface area contributed by atoms with Crippen molar-refractivity contribution < 1.29 is 9.59 Å². The first-order valence-electron chi connectivity index (χ1n) is 7.03. The number of nitrogens with one attached hydrogen (secondary N) is 1. The zero-order chi connectivity index (χ0) is 15.9. The Morgan fingerprint density at radius 2 is 2.14 bits per heavy atom. The normalized spacial score (nSPS) is 18.5. The lowest BCUT2D eigenvalue weighted by molar-refractivity contribution is -0.128.